The summed E-state index contributed by atoms with van der Waals surface area (Å²) < 4.78 is 0. The Labute approximate surface area is 172 Å². The largest absolute Gasteiger partial charge is 0.325 e. The third kappa shape index (κ3) is 3.07. The first-order valence-electron chi connectivity index (χ1n) is 9.03. The van der Waals surface area contributed by atoms with E-state index in [9.17, 15) is 19.2 Å². The van der Waals surface area contributed by atoms with Crippen molar-refractivity contribution in [3.63, 3.8) is 0 Å². The molecule has 2 aromatic carbocycles. The van der Waals surface area contributed by atoms with Crippen LogP contribution in [0.15, 0.2) is 42.5 Å². The van der Waals surface area contributed by atoms with Gasteiger partial charge in [-0.3, -0.25) is 19.3 Å². The van der Waals surface area contributed by atoms with Crippen LogP contribution in [0.25, 0.3) is 0 Å². The molecule has 8 heteroatoms. The number of nitrogens with one attached hydrogen (secondary N) is 1. The SMILES string of the molecule is CN1C(=O)Cc2cc(C(=O)CN3C(=O)N[C@](C)(c4ccc(Cl)cc4)C3=O)ccc21. The monoisotopic (exact) mass is 411 g/mol. The number of likely N-dealkylation sites (N-methyl/N-ethyl adjacent to an activating group) is 1. The molecule has 0 aliphatic carbocycles. The predicted molar refractivity (Wildman–Crippen MR) is 107 cm³/mol. The number of Topliss-reactive ketones (excluding diaryl/α,β-unsaturated/α-hetero) is 1. The first kappa shape index (κ1) is 19.1. The van der Waals surface area contributed by atoms with Crippen LogP contribution in [0.2, 0.25) is 5.02 Å². The molecule has 148 valence electrons. The highest BCUT2D eigenvalue weighted by Crippen LogP contribution is 2.31. The molecular formula is C21H18ClN3O4. The van der Waals surface area contributed by atoms with E-state index in [2.05, 4.69) is 5.32 Å². The van der Waals surface area contributed by atoms with Gasteiger partial charge in [0.1, 0.15) is 5.54 Å². The number of nitrogens with zero attached hydrogens (tertiary/aromatic N) is 2. The molecule has 2 heterocycles. The van der Waals surface area contributed by atoms with Crippen LogP contribution in [-0.2, 0) is 21.5 Å². The van der Waals surface area contributed by atoms with Crippen LogP contribution in [0, 0.1) is 0 Å². The second-order valence-electron chi connectivity index (χ2n) is 7.35. The van der Waals surface area contributed by atoms with Gasteiger partial charge in [-0.2, -0.15) is 0 Å². The number of imide groups is 1. The molecule has 0 bridgehead atoms. The average Bonchev–Trinajstić information content (AvgIpc) is 3.09. The summed E-state index contributed by atoms with van der Waals surface area (Å²) in [5, 5.41) is 3.18. The summed E-state index contributed by atoms with van der Waals surface area (Å²) in [6.45, 7) is 1.22. The lowest BCUT2D eigenvalue weighted by molar-refractivity contribution is -0.130. The Bertz CT molecular complexity index is 1070. The molecular weight excluding hydrogens is 394 g/mol. The molecule has 2 aromatic rings. The maximum absolute atomic E-state index is 13.0. The fourth-order valence-corrected chi connectivity index (χ4v) is 3.82. The van der Waals surface area contributed by atoms with Gasteiger partial charge in [0.2, 0.25) is 5.91 Å². The third-order valence-electron chi connectivity index (χ3n) is 5.48. The predicted octanol–water partition coefficient (Wildman–Crippen LogP) is 2.51. The normalized spacial score (nSPS) is 20.9. The molecule has 2 aliphatic rings. The molecule has 4 amide bonds. The summed E-state index contributed by atoms with van der Waals surface area (Å²) in [6, 6.07) is 10.9. The van der Waals surface area contributed by atoms with Crippen LogP contribution in [0.3, 0.4) is 0 Å². The second-order valence-corrected chi connectivity index (χ2v) is 7.79. The average molecular weight is 412 g/mol. The number of rotatable bonds is 4. The maximum atomic E-state index is 13.0. The summed E-state index contributed by atoms with van der Waals surface area (Å²) in [6.07, 6.45) is 0.227. The molecule has 2 aliphatic heterocycles. The molecule has 29 heavy (non-hydrogen) atoms. The highest BCUT2D eigenvalue weighted by atomic mass is 35.5. The van der Waals surface area contributed by atoms with E-state index in [4.69, 9.17) is 11.6 Å². The molecule has 0 saturated carbocycles. The van der Waals surface area contributed by atoms with Crippen molar-refractivity contribution >= 4 is 40.9 Å². The fraction of sp³-hybridized carbons (Fsp3) is 0.238. The topological polar surface area (TPSA) is 86.8 Å². The van der Waals surface area contributed by atoms with E-state index in [0.717, 1.165) is 16.2 Å². The van der Waals surface area contributed by atoms with Gasteiger partial charge in [-0.25, -0.2) is 4.79 Å². The van der Waals surface area contributed by atoms with Crippen molar-refractivity contribution in [1.29, 1.82) is 0 Å². The van der Waals surface area contributed by atoms with Crippen molar-refractivity contribution in [2.24, 2.45) is 0 Å². The summed E-state index contributed by atoms with van der Waals surface area (Å²) >= 11 is 5.90. The molecule has 1 fully saturated rings. The minimum absolute atomic E-state index is 0.0440. The van der Waals surface area contributed by atoms with Crippen molar-refractivity contribution in [3.8, 4) is 0 Å². The molecule has 0 radical (unpaired) electrons. The number of fused-ring (bicyclic) bond motifs is 1. The summed E-state index contributed by atoms with van der Waals surface area (Å²) in [5.41, 5.74) is 1.18. The Kier molecular flexibility index (Phi) is 4.42. The van der Waals surface area contributed by atoms with E-state index in [1.165, 1.54) is 0 Å². The van der Waals surface area contributed by atoms with Crippen molar-refractivity contribution in [2.45, 2.75) is 18.9 Å². The Morgan fingerprint density at radius 1 is 1.14 bits per heavy atom. The van der Waals surface area contributed by atoms with Crippen molar-refractivity contribution in [2.75, 3.05) is 18.5 Å². The van der Waals surface area contributed by atoms with Crippen molar-refractivity contribution < 1.29 is 19.2 Å². The number of carbonyl (C=O) groups excluding carboxylic acids is 4. The molecule has 0 aromatic heterocycles. The number of halogens is 1. The van der Waals surface area contributed by atoms with Gasteiger partial charge in [-0.05, 0) is 48.4 Å². The number of urea groups is 1. The summed E-state index contributed by atoms with van der Waals surface area (Å²) in [4.78, 5) is 52.5. The molecule has 1 N–H and O–H groups in total. The van der Waals surface area contributed by atoms with Gasteiger partial charge in [0.15, 0.2) is 5.78 Å². The molecule has 1 atom stereocenters. The third-order valence-corrected chi connectivity index (χ3v) is 5.73. The van der Waals surface area contributed by atoms with Gasteiger partial charge in [0, 0.05) is 23.3 Å². The lowest BCUT2D eigenvalue weighted by Gasteiger charge is -2.22. The van der Waals surface area contributed by atoms with E-state index in [1.54, 1.807) is 61.3 Å². The minimum atomic E-state index is -1.27. The zero-order valence-electron chi connectivity index (χ0n) is 15.9. The van der Waals surface area contributed by atoms with E-state index < -0.39 is 17.5 Å². The van der Waals surface area contributed by atoms with Crippen LogP contribution in [-0.4, -0.2) is 42.1 Å². The summed E-state index contributed by atoms with van der Waals surface area (Å²) in [7, 11) is 1.68. The second kappa shape index (κ2) is 6.70. The lowest BCUT2D eigenvalue weighted by atomic mass is 9.92. The quantitative estimate of drug-likeness (QED) is 0.618. The number of benzene rings is 2. The lowest BCUT2D eigenvalue weighted by Crippen LogP contribution is -2.41. The number of hydrogen-bond donors (Lipinski definition) is 1. The fourth-order valence-electron chi connectivity index (χ4n) is 3.70. The maximum Gasteiger partial charge on any atom is 0.325 e. The number of hydrogen-bond acceptors (Lipinski definition) is 4. The van der Waals surface area contributed by atoms with Crippen LogP contribution < -0.4 is 10.2 Å². The van der Waals surface area contributed by atoms with E-state index in [1.807, 2.05) is 0 Å². The van der Waals surface area contributed by atoms with E-state index in [0.29, 0.717) is 16.1 Å². The first-order valence-corrected chi connectivity index (χ1v) is 9.41. The number of amides is 4. The zero-order chi connectivity index (χ0) is 20.9. The molecule has 1 saturated heterocycles. The Morgan fingerprint density at radius 3 is 2.52 bits per heavy atom. The minimum Gasteiger partial charge on any atom is -0.319 e. The van der Waals surface area contributed by atoms with Gasteiger partial charge >= 0.3 is 6.03 Å². The van der Waals surface area contributed by atoms with Gasteiger partial charge in [-0.1, -0.05) is 23.7 Å². The molecule has 4 rings (SSSR count). The standard InChI is InChI=1S/C21H18ClN3O4/c1-21(14-4-6-15(22)7-5-14)19(28)25(20(29)23-21)11-17(26)12-3-8-16-13(9-12)10-18(27)24(16)2/h3-9H,10-11H2,1-2H3,(H,23,29)/t21-/m1/s1. The first-order chi connectivity index (χ1) is 13.7. The van der Waals surface area contributed by atoms with Gasteiger partial charge in [0.05, 0.1) is 13.0 Å². The highest BCUT2D eigenvalue weighted by molar-refractivity contribution is 6.30. The number of carbonyl (C=O) groups is 4. The van der Waals surface area contributed by atoms with Crippen LogP contribution in [0.4, 0.5) is 10.5 Å². The summed E-state index contributed by atoms with van der Waals surface area (Å²) in [5.74, 6) is -0.926. The van der Waals surface area contributed by atoms with E-state index in [-0.39, 0.29) is 24.7 Å². The number of ketones is 1. The Balaban J connectivity index is 1.55. The highest BCUT2D eigenvalue weighted by Gasteiger charge is 2.49. The molecule has 0 spiro atoms. The van der Waals surface area contributed by atoms with Gasteiger partial charge < -0.3 is 10.2 Å². The zero-order valence-corrected chi connectivity index (χ0v) is 16.6. The molecule has 7 nitrogen and oxygen atoms in total. The van der Waals surface area contributed by atoms with Crippen LogP contribution in [0.5, 0.6) is 0 Å². The van der Waals surface area contributed by atoms with Crippen molar-refractivity contribution in [1.82, 2.24) is 10.2 Å². The van der Waals surface area contributed by atoms with Crippen molar-refractivity contribution in [3.05, 3.63) is 64.2 Å². The Morgan fingerprint density at radius 2 is 1.83 bits per heavy atom. The smallest absolute Gasteiger partial charge is 0.319 e. The van der Waals surface area contributed by atoms with Gasteiger partial charge in [-0.15, -0.1) is 0 Å². The van der Waals surface area contributed by atoms with Crippen LogP contribution in [0.1, 0.15) is 28.4 Å². The van der Waals surface area contributed by atoms with E-state index >= 15 is 0 Å². The Hall–Kier alpha value is -3.19. The van der Waals surface area contributed by atoms with Gasteiger partial charge in [0.25, 0.3) is 5.91 Å². The molecule has 0 unspecified atom stereocenters. The number of anilines is 1. The van der Waals surface area contributed by atoms with Crippen LogP contribution >= 0.6 is 11.6 Å².